The van der Waals surface area contributed by atoms with E-state index in [0.29, 0.717) is 12.2 Å². The van der Waals surface area contributed by atoms with Gasteiger partial charge in [-0.25, -0.2) is 12.8 Å². The standard InChI is InChI=1S/C21H18BrFN2O4S/c1-29-13-14-2-4-15(5-3-14)21(26)24-18-10-11-19(23)20(12-18)30(27,28)25-17-8-6-16(22)7-9-17/h2-12,25H,13H2,1H3,(H,24,26). The molecule has 0 heterocycles. The van der Waals surface area contributed by atoms with Crippen molar-refractivity contribution in [2.75, 3.05) is 17.1 Å². The van der Waals surface area contributed by atoms with Crippen LogP contribution in [0.15, 0.2) is 76.1 Å². The largest absolute Gasteiger partial charge is 0.380 e. The van der Waals surface area contributed by atoms with Crippen molar-refractivity contribution in [2.45, 2.75) is 11.5 Å². The molecule has 0 bridgehead atoms. The van der Waals surface area contributed by atoms with Gasteiger partial charge in [0.2, 0.25) is 0 Å². The molecule has 0 atom stereocenters. The van der Waals surface area contributed by atoms with Crippen LogP contribution in [0, 0.1) is 5.82 Å². The van der Waals surface area contributed by atoms with Gasteiger partial charge < -0.3 is 10.1 Å². The molecule has 0 saturated carbocycles. The molecule has 3 rings (SSSR count). The lowest BCUT2D eigenvalue weighted by molar-refractivity contribution is 0.102. The topological polar surface area (TPSA) is 84.5 Å². The number of sulfonamides is 1. The number of rotatable bonds is 7. The average Bonchev–Trinajstić information content (AvgIpc) is 2.71. The highest BCUT2D eigenvalue weighted by Gasteiger charge is 2.20. The minimum absolute atomic E-state index is 0.151. The zero-order valence-corrected chi connectivity index (χ0v) is 18.3. The highest BCUT2D eigenvalue weighted by Crippen LogP contribution is 2.24. The number of hydrogen-bond acceptors (Lipinski definition) is 4. The van der Waals surface area contributed by atoms with Crippen molar-refractivity contribution in [3.05, 3.63) is 88.1 Å². The van der Waals surface area contributed by atoms with Crippen molar-refractivity contribution in [3.63, 3.8) is 0 Å². The van der Waals surface area contributed by atoms with Crippen molar-refractivity contribution >= 4 is 43.2 Å². The molecule has 0 aliphatic heterocycles. The quantitative estimate of drug-likeness (QED) is 0.496. The minimum atomic E-state index is -4.20. The van der Waals surface area contributed by atoms with Crippen molar-refractivity contribution in [1.82, 2.24) is 0 Å². The zero-order chi connectivity index (χ0) is 21.7. The fourth-order valence-corrected chi connectivity index (χ4v) is 4.06. The number of carbonyl (C=O) groups excluding carboxylic acids is 1. The first-order valence-corrected chi connectivity index (χ1v) is 11.0. The Morgan fingerprint density at radius 3 is 2.27 bits per heavy atom. The van der Waals surface area contributed by atoms with Gasteiger partial charge in [-0.05, 0) is 60.2 Å². The molecule has 156 valence electrons. The van der Waals surface area contributed by atoms with Crippen molar-refractivity contribution in [3.8, 4) is 0 Å². The Hall–Kier alpha value is -2.75. The van der Waals surface area contributed by atoms with Gasteiger partial charge >= 0.3 is 0 Å². The van der Waals surface area contributed by atoms with Crippen LogP contribution in [0.25, 0.3) is 0 Å². The summed E-state index contributed by atoms with van der Waals surface area (Å²) in [7, 11) is -2.62. The van der Waals surface area contributed by atoms with Crippen LogP contribution in [0.5, 0.6) is 0 Å². The molecular formula is C21H18BrFN2O4S. The predicted octanol–water partition coefficient (Wildman–Crippen LogP) is 4.79. The summed E-state index contributed by atoms with van der Waals surface area (Å²) in [6.07, 6.45) is 0. The Labute approximate surface area is 182 Å². The van der Waals surface area contributed by atoms with E-state index in [4.69, 9.17) is 4.74 Å². The molecule has 30 heavy (non-hydrogen) atoms. The summed E-state index contributed by atoms with van der Waals surface area (Å²) in [5.41, 5.74) is 1.71. The van der Waals surface area contributed by atoms with Crippen LogP contribution in [0.4, 0.5) is 15.8 Å². The maximum Gasteiger partial charge on any atom is 0.264 e. The van der Waals surface area contributed by atoms with Crippen molar-refractivity contribution in [1.29, 1.82) is 0 Å². The third-order valence-corrected chi connectivity index (χ3v) is 6.03. The second kappa shape index (κ2) is 9.38. The minimum Gasteiger partial charge on any atom is -0.380 e. The molecule has 9 heteroatoms. The number of hydrogen-bond donors (Lipinski definition) is 2. The average molecular weight is 493 g/mol. The summed E-state index contributed by atoms with van der Waals surface area (Å²) in [5, 5.41) is 2.59. The Balaban J connectivity index is 1.80. The van der Waals surface area contributed by atoms with Gasteiger partial charge in [0.25, 0.3) is 15.9 Å². The van der Waals surface area contributed by atoms with Crippen LogP contribution in [-0.2, 0) is 21.4 Å². The number of methoxy groups -OCH3 is 1. The Kier molecular flexibility index (Phi) is 6.86. The van der Waals surface area contributed by atoms with E-state index in [1.165, 1.54) is 6.07 Å². The van der Waals surface area contributed by atoms with E-state index in [9.17, 15) is 17.6 Å². The lowest BCUT2D eigenvalue weighted by Crippen LogP contribution is -2.16. The second-order valence-corrected chi connectivity index (χ2v) is 8.91. The molecule has 0 aliphatic carbocycles. The van der Waals surface area contributed by atoms with Crippen molar-refractivity contribution in [2.24, 2.45) is 0 Å². The number of ether oxygens (including phenoxy) is 1. The number of anilines is 2. The summed E-state index contributed by atoms with van der Waals surface area (Å²) in [5.74, 6) is -1.38. The van der Waals surface area contributed by atoms with E-state index < -0.39 is 26.6 Å². The SMILES string of the molecule is COCc1ccc(C(=O)Nc2ccc(F)c(S(=O)(=O)Nc3ccc(Br)cc3)c2)cc1. The third-order valence-electron chi connectivity index (χ3n) is 4.10. The maximum atomic E-state index is 14.3. The summed E-state index contributed by atoms with van der Waals surface area (Å²) >= 11 is 3.26. The fraction of sp³-hybridized carbons (Fsp3) is 0.0952. The number of benzene rings is 3. The van der Waals surface area contributed by atoms with Gasteiger partial charge in [-0.15, -0.1) is 0 Å². The van der Waals surface area contributed by atoms with Gasteiger partial charge in [0.15, 0.2) is 0 Å². The molecule has 3 aromatic rings. The monoisotopic (exact) mass is 492 g/mol. The second-order valence-electron chi connectivity index (χ2n) is 6.34. The summed E-state index contributed by atoms with van der Waals surface area (Å²) in [6.45, 7) is 0.423. The number of nitrogens with one attached hydrogen (secondary N) is 2. The Morgan fingerprint density at radius 2 is 1.63 bits per heavy atom. The first kappa shape index (κ1) is 21.9. The van der Waals surface area contributed by atoms with Gasteiger partial charge in [0, 0.05) is 28.5 Å². The van der Waals surface area contributed by atoms with Crippen LogP contribution < -0.4 is 10.0 Å². The van der Waals surface area contributed by atoms with E-state index in [2.05, 4.69) is 26.0 Å². The highest BCUT2D eigenvalue weighted by atomic mass is 79.9. The third kappa shape index (κ3) is 5.44. The van der Waals surface area contributed by atoms with Crippen LogP contribution >= 0.6 is 15.9 Å². The number of carbonyl (C=O) groups is 1. The van der Waals surface area contributed by atoms with Gasteiger partial charge in [-0.3, -0.25) is 9.52 Å². The maximum absolute atomic E-state index is 14.3. The molecule has 0 unspecified atom stereocenters. The number of halogens is 2. The van der Waals surface area contributed by atoms with Gasteiger partial charge in [0.05, 0.1) is 6.61 Å². The molecule has 0 aliphatic rings. The molecule has 0 spiro atoms. The smallest absolute Gasteiger partial charge is 0.264 e. The molecule has 3 aromatic carbocycles. The molecule has 0 saturated heterocycles. The molecule has 0 fully saturated rings. The molecular weight excluding hydrogens is 475 g/mol. The van der Waals surface area contributed by atoms with E-state index in [1.807, 2.05) is 0 Å². The van der Waals surface area contributed by atoms with E-state index >= 15 is 0 Å². The van der Waals surface area contributed by atoms with Gasteiger partial charge in [-0.2, -0.15) is 0 Å². The summed E-state index contributed by atoms with van der Waals surface area (Å²) in [6, 6.07) is 16.5. The first-order valence-electron chi connectivity index (χ1n) is 8.75. The fourth-order valence-electron chi connectivity index (χ4n) is 2.64. The summed E-state index contributed by atoms with van der Waals surface area (Å²) in [4.78, 5) is 11.9. The van der Waals surface area contributed by atoms with Crippen LogP contribution in [0.3, 0.4) is 0 Å². The van der Waals surface area contributed by atoms with E-state index in [1.54, 1.807) is 55.6 Å². The zero-order valence-electron chi connectivity index (χ0n) is 15.9. The molecule has 6 nitrogen and oxygen atoms in total. The Morgan fingerprint density at radius 1 is 1.00 bits per heavy atom. The highest BCUT2D eigenvalue weighted by molar-refractivity contribution is 9.10. The van der Waals surface area contributed by atoms with E-state index in [0.717, 1.165) is 22.2 Å². The predicted molar refractivity (Wildman–Crippen MR) is 116 cm³/mol. The normalized spacial score (nSPS) is 11.2. The molecule has 1 amide bonds. The molecule has 2 N–H and O–H groups in total. The van der Waals surface area contributed by atoms with Crippen LogP contribution in [0.1, 0.15) is 15.9 Å². The van der Waals surface area contributed by atoms with Crippen LogP contribution in [-0.4, -0.2) is 21.4 Å². The lowest BCUT2D eigenvalue weighted by atomic mass is 10.1. The molecule has 0 aromatic heterocycles. The summed E-state index contributed by atoms with van der Waals surface area (Å²) < 4.78 is 47.6. The lowest BCUT2D eigenvalue weighted by Gasteiger charge is -2.11. The Bertz CT molecular complexity index is 1150. The van der Waals surface area contributed by atoms with Gasteiger partial charge in [0.1, 0.15) is 10.7 Å². The first-order chi connectivity index (χ1) is 14.3. The van der Waals surface area contributed by atoms with Gasteiger partial charge in [-0.1, -0.05) is 28.1 Å². The van der Waals surface area contributed by atoms with E-state index in [-0.39, 0.29) is 11.4 Å². The molecule has 0 radical (unpaired) electrons. The van der Waals surface area contributed by atoms with Crippen molar-refractivity contribution < 1.29 is 22.3 Å². The van der Waals surface area contributed by atoms with Crippen LogP contribution in [0.2, 0.25) is 0 Å². The number of amides is 1.